The molecule has 0 spiro atoms. The zero-order chi connectivity index (χ0) is 10.3. The first kappa shape index (κ1) is 9.68. The van der Waals surface area contributed by atoms with Gasteiger partial charge >= 0.3 is 0 Å². The van der Waals surface area contributed by atoms with E-state index >= 15 is 0 Å². The highest BCUT2D eigenvalue weighted by Gasteiger charge is 2.11. The Bertz CT molecular complexity index is 490. The minimum absolute atomic E-state index is 0.228. The minimum Gasteiger partial charge on any atom is -0.345 e. The van der Waals surface area contributed by atoms with E-state index in [9.17, 15) is 4.39 Å². The number of fused-ring (bicyclic) bond motifs is 1. The summed E-state index contributed by atoms with van der Waals surface area (Å²) < 4.78 is 15.9. The molecule has 14 heavy (non-hydrogen) atoms. The van der Waals surface area contributed by atoms with E-state index in [-0.39, 0.29) is 5.82 Å². The number of aryl methyl sites for hydroxylation is 1. The van der Waals surface area contributed by atoms with Crippen molar-refractivity contribution in [3.63, 3.8) is 0 Å². The van der Waals surface area contributed by atoms with Crippen molar-refractivity contribution in [1.82, 2.24) is 4.57 Å². The normalized spacial score (nSPS) is 11.1. The smallest absolute Gasteiger partial charge is 0.125 e. The van der Waals surface area contributed by atoms with Gasteiger partial charge in [-0.2, -0.15) is 0 Å². The molecule has 0 aliphatic carbocycles. The average molecular weight is 257 g/mol. The van der Waals surface area contributed by atoms with Gasteiger partial charge < -0.3 is 10.3 Å². The molecule has 0 aliphatic heterocycles. The van der Waals surface area contributed by atoms with Gasteiger partial charge in [0.05, 0.1) is 5.52 Å². The van der Waals surface area contributed by atoms with Gasteiger partial charge in [0, 0.05) is 29.1 Å². The number of hydrogen-bond donors (Lipinski definition) is 1. The van der Waals surface area contributed by atoms with Crippen molar-refractivity contribution in [1.29, 1.82) is 0 Å². The lowest BCUT2D eigenvalue weighted by molar-refractivity contribution is 0.628. The number of nitrogens with two attached hydrogens (primary N) is 1. The third kappa shape index (κ3) is 1.26. The van der Waals surface area contributed by atoms with Crippen LogP contribution in [0.2, 0.25) is 0 Å². The quantitative estimate of drug-likeness (QED) is 0.836. The third-order valence-electron chi connectivity index (χ3n) is 2.41. The molecule has 2 nitrogen and oxygen atoms in total. The number of rotatable bonds is 1. The van der Waals surface area contributed by atoms with Crippen LogP contribution in [0, 0.1) is 5.82 Å². The lowest BCUT2D eigenvalue weighted by Crippen LogP contribution is -2.03. The summed E-state index contributed by atoms with van der Waals surface area (Å²) >= 11 is 3.46. The largest absolute Gasteiger partial charge is 0.345 e. The number of nitrogens with zero attached hydrogens (tertiary/aromatic N) is 1. The molecule has 1 aromatic carbocycles. The molecule has 74 valence electrons. The van der Waals surface area contributed by atoms with Crippen molar-refractivity contribution < 1.29 is 4.39 Å². The zero-order valence-electron chi connectivity index (χ0n) is 7.72. The molecule has 0 unspecified atom stereocenters. The van der Waals surface area contributed by atoms with Crippen LogP contribution < -0.4 is 5.73 Å². The molecule has 1 heterocycles. The fourth-order valence-electron chi connectivity index (χ4n) is 1.64. The molecule has 2 aromatic rings. The highest BCUT2D eigenvalue weighted by Crippen LogP contribution is 2.30. The van der Waals surface area contributed by atoms with Crippen molar-refractivity contribution in [2.45, 2.75) is 6.54 Å². The van der Waals surface area contributed by atoms with Gasteiger partial charge in [0.15, 0.2) is 0 Å². The summed E-state index contributed by atoms with van der Waals surface area (Å²) in [6.07, 6.45) is 0. The van der Waals surface area contributed by atoms with Gasteiger partial charge in [-0.25, -0.2) is 4.39 Å². The first-order valence-electron chi connectivity index (χ1n) is 4.27. The van der Waals surface area contributed by atoms with Gasteiger partial charge in [-0.1, -0.05) is 0 Å². The van der Waals surface area contributed by atoms with Crippen molar-refractivity contribution in [2.75, 3.05) is 0 Å². The number of halogens is 2. The standard InChI is InChI=1S/C10H10BrFN2/c1-14-8-4-6(12)2-3-7(8)10(11)9(14)5-13/h2-4H,5,13H2,1H3. The topological polar surface area (TPSA) is 30.9 Å². The molecule has 0 saturated carbocycles. The van der Waals surface area contributed by atoms with E-state index in [1.165, 1.54) is 12.1 Å². The van der Waals surface area contributed by atoms with Crippen LogP contribution in [0.1, 0.15) is 5.69 Å². The van der Waals surface area contributed by atoms with Crippen molar-refractivity contribution >= 4 is 26.8 Å². The molecule has 0 bridgehead atoms. The molecular weight excluding hydrogens is 247 g/mol. The summed E-state index contributed by atoms with van der Waals surface area (Å²) in [7, 11) is 1.88. The second kappa shape index (κ2) is 3.37. The Balaban J connectivity index is 2.87. The van der Waals surface area contributed by atoms with E-state index in [4.69, 9.17) is 5.73 Å². The molecule has 0 aliphatic rings. The Morgan fingerprint density at radius 2 is 2.21 bits per heavy atom. The minimum atomic E-state index is -0.228. The monoisotopic (exact) mass is 256 g/mol. The maximum atomic E-state index is 13.0. The number of aromatic nitrogens is 1. The Morgan fingerprint density at radius 1 is 1.50 bits per heavy atom. The van der Waals surface area contributed by atoms with E-state index in [0.717, 1.165) is 21.1 Å². The third-order valence-corrected chi connectivity index (χ3v) is 3.29. The molecule has 0 fully saturated rings. The van der Waals surface area contributed by atoms with E-state index in [0.29, 0.717) is 6.54 Å². The average Bonchev–Trinajstić information content (AvgIpc) is 2.39. The highest BCUT2D eigenvalue weighted by molar-refractivity contribution is 9.10. The van der Waals surface area contributed by atoms with Gasteiger partial charge in [-0.3, -0.25) is 0 Å². The summed E-state index contributed by atoms with van der Waals surface area (Å²) in [5.41, 5.74) is 7.44. The summed E-state index contributed by atoms with van der Waals surface area (Å²) in [5, 5.41) is 0.995. The summed E-state index contributed by atoms with van der Waals surface area (Å²) in [6.45, 7) is 0.438. The first-order chi connectivity index (χ1) is 6.65. The Hall–Kier alpha value is -0.870. The second-order valence-electron chi connectivity index (χ2n) is 3.19. The van der Waals surface area contributed by atoms with Gasteiger partial charge in [0.1, 0.15) is 5.82 Å². The maximum Gasteiger partial charge on any atom is 0.125 e. The van der Waals surface area contributed by atoms with Crippen molar-refractivity contribution in [3.8, 4) is 0 Å². The number of hydrogen-bond acceptors (Lipinski definition) is 1. The lowest BCUT2D eigenvalue weighted by atomic mass is 10.2. The Morgan fingerprint density at radius 3 is 2.86 bits per heavy atom. The van der Waals surface area contributed by atoms with E-state index in [1.807, 2.05) is 11.6 Å². The first-order valence-corrected chi connectivity index (χ1v) is 5.07. The van der Waals surface area contributed by atoms with E-state index in [2.05, 4.69) is 15.9 Å². The molecule has 0 atom stereocenters. The molecule has 0 radical (unpaired) electrons. The number of benzene rings is 1. The summed E-state index contributed by atoms with van der Waals surface area (Å²) in [5.74, 6) is -0.228. The van der Waals surface area contributed by atoms with E-state index < -0.39 is 0 Å². The SMILES string of the molecule is Cn1c(CN)c(Br)c2ccc(F)cc21. The highest BCUT2D eigenvalue weighted by atomic mass is 79.9. The fourth-order valence-corrected chi connectivity index (χ4v) is 2.41. The Kier molecular flexibility index (Phi) is 2.33. The zero-order valence-corrected chi connectivity index (χ0v) is 9.31. The molecule has 2 N–H and O–H groups in total. The lowest BCUT2D eigenvalue weighted by Gasteiger charge is -2.00. The van der Waals surface area contributed by atoms with Crippen LogP contribution in [-0.2, 0) is 13.6 Å². The van der Waals surface area contributed by atoms with Crippen LogP contribution in [0.3, 0.4) is 0 Å². The van der Waals surface area contributed by atoms with Crippen LogP contribution in [-0.4, -0.2) is 4.57 Å². The van der Waals surface area contributed by atoms with Crippen LogP contribution in [0.15, 0.2) is 22.7 Å². The molecule has 2 rings (SSSR count). The molecule has 0 saturated heterocycles. The summed E-state index contributed by atoms with van der Waals surface area (Å²) in [4.78, 5) is 0. The fraction of sp³-hybridized carbons (Fsp3) is 0.200. The van der Waals surface area contributed by atoms with Crippen LogP contribution >= 0.6 is 15.9 Å². The van der Waals surface area contributed by atoms with Gasteiger partial charge in [-0.15, -0.1) is 0 Å². The predicted molar refractivity (Wildman–Crippen MR) is 58.5 cm³/mol. The maximum absolute atomic E-state index is 13.0. The molecule has 0 amide bonds. The van der Waals surface area contributed by atoms with Gasteiger partial charge in [0.25, 0.3) is 0 Å². The van der Waals surface area contributed by atoms with Crippen molar-refractivity contribution in [3.05, 3.63) is 34.2 Å². The van der Waals surface area contributed by atoms with Gasteiger partial charge in [-0.05, 0) is 34.1 Å². The Labute approximate surface area is 89.6 Å². The van der Waals surface area contributed by atoms with Crippen LogP contribution in [0.5, 0.6) is 0 Å². The van der Waals surface area contributed by atoms with Gasteiger partial charge in [0.2, 0.25) is 0 Å². The predicted octanol–water partition coefficient (Wildman–Crippen LogP) is 2.54. The molecule has 4 heteroatoms. The van der Waals surface area contributed by atoms with E-state index in [1.54, 1.807) is 6.07 Å². The van der Waals surface area contributed by atoms with Crippen molar-refractivity contribution in [2.24, 2.45) is 12.8 Å². The van der Waals surface area contributed by atoms with Crippen LogP contribution in [0.25, 0.3) is 10.9 Å². The molecule has 1 aromatic heterocycles. The molecular formula is C10H10BrFN2. The second-order valence-corrected chi connectivity index (χ2v) is 3.98. The van der Waals surface area contributed by atoms with Crippen LogP contribution in [0.4, 0.5) is 4.39 Å². The summed E-state index contributed by atoms with van der Waals surface area (Å²) in [6, 6.07) is 4.72.